The van der Waals surface area contributed by atoms with E-state index in [2.05, 4.69) is 10.6 Å². The van der Waals surface area contributed by atoms with Crippen molar-refractivity contribution in [3.05, 3.63) is 22.4 Å². The summed E-state index contributed by atoms with van der Waals surface area (Å²) in [6.07, 6.45) is 0.340. The fourth-order valence-corrected chi connectivity index (χ4v) is 2.36. The third-order valence-corrected chi connectivity index (χ3v) is 3.68. The quantitative estimate of drug-likeness (QED) is 0.710. The SMILES string of the molecule is CC(C)CC(NC(=O)C(C)NC(=O)c1cccs1)C(=O)O. The number of thiophene rings is 1. The zero-order chi connectivity index (χ0) is 16.0. The topological polar surface area (TPSA) is 95.5 Å². The van der Waals surface area contributed by atoms with Crippen molar-refractivity contribution in [2.24, 2.45) is 5.92 Å². The number of carboxylic acid groups (broad SMARTS) is 1. The van der Waals surface area contributed by atoms with Gasteiger partial charge in [0.25, 0.3) is 5.91 Å². The first-order chi connectivity index (χ1) is 9.81. The lowest BCUT2D eigenvalue weighted by Gasteiger charge is -2.19. The third-order valence-electron chi connectivity index (χ3n) is 2.81. The van der Waals surface area contributed by atoms with Gasteiger partial charge >= 0.3 is 5.97 Å². The molecule has 0 aromatic carbocycles. The first kappa shape index (κ1) is 17.2. The van der Waals surface area contributed by atoms with Gasteiger partial charge in [-0.15, -0.1) is 11.3 Å². The monoisotopic (exact) mass is 312 g/mol. The molecule has 0 aliphatic heterocycles. The molecule has 2 amide bonds. The molecule has 21 heavy (non-hydrogen) atoms. The summed E-state index contributed by atoms with van der Waals surface area (Å²) in [5.74, 6) is -1.78. The largest absolute Gasteiger partial charge is 0.480 e. The molecule has 0 aliphatic carbocycles. The van der Waals surface area contributed by atoms with Crippen molar-refractivity contribution in [2.45, 2.75) is 39.3 Å². The van der Waals surface area contributed by atoms with E-state index >= 15 is 0 Å². The molecule has 1 aromatic heterocycles. The van der Waals surface area contributed by atoms with Crippen LogP contribution in [0.15, 0.2) is 17.5 Å². The van der Waals surface area contributed by atoms with Gasteiger partial charge in [-0.2, -0.15) is 0 Å². The molecular formula is C14H20N2O4S. The van der Waals surface area contributed by atoms with Crippen LogP contribution < -0.4 is 10.6 Å². The fourth-order valence-electron chi connectivity index (χ4n) is 1.73. The molecule has 0 radical (unpaired) electrons. The number of amides is 2. The number of nitrogens with one attached hydrogen (secondary N) is 2. The summed E-state index contributed by atoms with van der Waals surface area (Å²) >= 11 is 1.27. The Hall–Kier alpha value is -1.89. The lowest BCUT2D eigenvalue weighted by atomic mass is 10.0. The van der Waals surface area contributed by atoms with Crippen LogP contribution in [0.2, 0.25) is 0 Å². The second-order valence-corrected chi connectivity index (χ2v) is 6.15. The summed E-state index contributed by atoms with van der Waals surface area (Å²) in [4.78, 5) is 35.4. The van der Waals surface area contributed by atoms with E-state index in [-0.39, 0.29) is 11.8 Å². The van der Waals surface area contributed by atoms with Crippen molar-refractivity contribution < 1.29 is 19.5 Å². The molecule has 6 nitrogen and oxygen atoms in total. The summed E-state index contributed by atoms with van der Waals surface area (Å²) < 4.78 is 0. The highest BCUT2D eigenvalue weighted by Crippen LogP contribution is 2.08. The van der Waals surface area contributed by atoms with Crippen molar-refractivity contribution in [1.82, 2.24) is 10.6 Å². The maximum atomic E-state index is 12.0. The van der Waals surface area contributed by atoms with Crippen molar-refractivity contribution in [3.8, 4) is 0 Å². The van der Waals surface area contributed by atoms with E-state index in [1.165, 1.54) is 18.3 Å². The van der Waals surface area contributed by atoms with Crippen LogP contribution in [0.1, 0.15) is 36.9 Å². The number of aliphatic carboxylic acids is 1. The predicted octanol–water partition coefficient (Wildman–Crippen LogP) is 1.48. The van der Waals surface area contributed by atoms with Gasteiger partial charge in [0, 0.05) is 0 Å². The Morgan fingerprint density at radius 2 is 1.90 bits per heavy atom. The molecule has 2 unspecified atom stereocenters. The Bertz CT molecular complexity index is 499. The summed E-state index contributed by atoms with van der Waals surface area (Å²) in [6.45, 7) is 5.28. The van der Waals surface area contributed by atoms with Crippen molar-refractivity contribution >= 4 is 29.1 Å². The Morgan fingerprint density at radius 1 is 1.24 bits per heavy atom. The molecule has 0 bridgehead atoms. The van der Waals surface area contributed by atoms with Gasteiger partial charge in [-0.25, -0.2) is 4.79 Å². The molecule has 116 valence electrons. The van der Waals surface area contributed by atoms with Gasteiger partial charge in [0.2, 0.25) is 5.91 Å². The average Bonchev–Trinajstić information content (AvgIpc) is 2.90. The van der Waals surface area contributed by atoms with Crippen LogP contribution in [0, 0.1) is 5.92 Å². The van der Waals surface area contributed by atoms with Crippen LogP contribution in [0.25, 0.3) is 0 Å². The Kier molecular flexibility index (Phi) is 6.36. The van der Waals surface area contributed by atoms with E-state index in [9.17, 15) is 14.4 Å². The molecule has 1 aromatic rings. The van der Waals surface area contributed by atoms with Crippen LogP contribution >= 0.6 is 11.3 Å². The standard InChI is InChI=1S/C14H20N2O4S/c1-8(2)7-10(14(19)20)16-12(17)9(3)15-13(18)11-5-4-6-21-11/h4-6,8-10H,7H2,1-3H3,(H,15,18)(H,16,17)(H,19,20). The van der Waals surface area contributed by atoms with Gasteiger partial charge in [-0.1, -0.05) is 19.9 Å². The molecule has 3 N–H and O–H groups in total. The molecule has 0 aliphatic rings. The number of carbonyl (C=O) groups is 3. The number of carbonyl (C=O) groups excluding carboxylic acids is 2. The summed E-state index contributed by atoms with van der Waals surface area (Å²) in [7, 11) is 0. The third kappa shape index (κ3) is 5.55. The van der Waals surface area contributed by atoms with E-state index in [0.29, 0.717) is 11.3 Å². The fraction of sp³-hybridized carbons (Fsp3) is 0.500. The van der Waals surface area contributed by atoms with E-state index in [0.717, 1.165) is 0 Å². The minimum absolute atomic E-state index is 0.141. The van der Waals surface area contributed by atoms with Gasteiger partial charge in [0.15, 0.2) is 0 Å². The van der Waals surface area contributed by atoms with Gasteiger partial charge in [-0.05, 0) is 30.7 Å². The smallest absolute Gasteiger partial charge is 0.326 e. The maximum Gasteiger partial charge on any atom is 0.326 e. The first-order valence-corrected chi connectivity index (χ1v) is 7.56. The van der Waals surface area contributed by atoms with E-state index < -0.39 is 24.0 Å². The highest BCUT2D eigenvalue weighted by Gasteiger charge is 2.24. The van der Waals surface area contributed by atoms with Gasteiger partial charge in [0.1, 0.15) is 12.1 Å². The summed E-state index contributed by atoms with van der Waals surface area (Å²) in [5, 5.41) is 15.8. The Balaban J connectivity index is 2.57. The highest BCUT2D eigenvalue weighted by molar-refractivity contribution is 7.12. The van der Waals surface area contributed by atoms with Crippen LogP contribution in [0.5, 0.6) is 0 Å². The van der Waals surface area contributed by atoms with Gasteiger partial charge in [-0.3, -0.25) is 9.59 Å². The average molecular weight is 312 g/mol. The Labute approximate surface area is 127 Å². The van der Waals surface area contributed by atoms with Crippen LogP contribution in [-0.2, 0) is 9.59 Å². The molecule has 7 heteroatoms. The zero-order valence-electron chi connectivity index (χ0n) is 12.3. The minimum atomic E-state index is -1.08. The normalized spacial score (nSPS) is 13.5. The van der Waals surface area contributed by atoms with Crippen LogP contribution in [0.4, 0.5) is 0 Å². The van der Waals surface area contributed by atoms with Crippen molar-refractivity contribution in [1.29, 1.82) is 0 Å². The molecule has 0 saturated heterocycles. The molecule has 1 heterocycles. The number of hydrogen-bond acceptors (Lipinski definition) is 4. The van der Waals surface area contributed by atoms with E-state index in [1.54, 1.807) is 17.5 Å². The Morgan fingerprint density at radius 3 is 2.38 bits per heavy atom. The predicted molar refractivity (Wildman–Crippen MR) is 80.3 cm³/mol. The molecular weight excluding hydrogens is 292 g/mol. The molecule has 0 saturated carbocycles. The van der Waals surface area contributed by atoms with Crippen molar-refractivity contribution in [2.75, 3.05) is 0 Å². The summed E-state index contributed by atoms with van der Waals surface area (Å²) in [5.41, 5.74) is 0. The molecule has 2 atom stereocenters. The van der Waals surface area contributed by atoms with E-state index in [1.807, 2.05) is 13.8 Å². The molecule has 0 fully saturated rings. The van der Waals surface area contributed by atoms with Crippen LogP contribution in [0.3, 0.4) is 0 Å². The maximum absolute atomic E-state index is 12.0. The lowest BCUT2D eigenvalue weighted by molar-refractivity contribution is -0.142. The van der Waals surface area contributed by atoms with Gasteiger partial charge < -0.3 is 15.7 Å². The number of hydrogen-bond donors (Lipinski definition) is 3. The zero-order valence-corrected chi connectivity index (χ0v) is 13.1. The second kappa shape index (κ2) is 7.78. The second-order valence-electron chi connectivity index (χ2n) is 5.20. The number of rotatable bonds is 7. The molecule has 0 spiro atoms. The van der Waals surface area contributed by atoms with Crippen molar-refractivity contribution in [3.63, 3.8) is 0 Å². The summed E-state index contributed by atoms with van der Waals surface area (Å²) in [6, 6.07) is 1.66. The highest BCUT2D eigenvalue weighted by atomic mass is 32.1. The van der Waals surface area contributed by atoms with Crippen LogP contribution in [-0.4, -0.2) is 35.0 Å². The van der Waals surface area contributed by atoms with E-state index in [4.69, 9.17) is 5.11 Å². The minimum Gasteiger partial charge on any atom is -0.480 e. The van der Waals surface area contributed by atoms with Gasteiger partial charge in [0.05, 0.1) is 4.88 Å². The number of carboxylic acids is 1. The molecule has 1 rings (SSSR count). The first-order valence-electron chi connectivity index (χ1n) is 6.68. The lowest BCUT2D eigenvalue weighted by Crippen LogP contribution is -2.50.